The zero-order valence-electron chi connectivity index (χ0n) is 16.3. The van der Waals surface area contributed by atoms with Gasteiger partial charge < -0.3 is 18.8 Å². The third kappa shape index (κ3) is 4.90. The van der Waals surface area contributed by atoms with Crippen LogP contribution in [0.2, 0.25) is 0 Å². The zero-order chi connectivity index (χ0) is 20.3. The molecule has 0 saturated carbocycles. The third-order valence-corrected chi connectivity index (χ3v) is 4.49. The van der Waals surface area contributed by atoms with Gasteiger partial charge in [0.25, 0.3) is 5.69 Å². The van der Waals surface area contributed by atoms with Crippen molar-refractivity contribution in [1.29, 1.82) is 0 Å². The molecule has 0 aliphatic carbocycles. The van der Waals surface area contributed by atoms with Crippen LogP contribution in [0.5, 0.6) is 6.08 Å². The number of nitrogens with zero attached hydrogens (tertiary/aromatic N) is 3. The van der Waals surface area contributed by atoms with Crippen LogP contribution in [0.1, 0.15) is 46.5 Å². The summed E-state index contributed by atoms with van der Waals surface area (Å²) in [6.07, 6.45) is 3.29. The Hall–Kier alpha value is -2.84. The highest BCUT2D eigenvalue weighted by molar-refractivity contribution is 5.75. The first-order valence-corrected chi connectivity index (χ1v) is 9.40. The number of ether oxygens (including phenoxy) is 2. The van der Waals surface area contributed by atoms with E-state index >= 15 is 0 Å². The van der Waals surface area contributed by atoms with E-state index in [4.69, 9.17) is 13.9 Å². The Morgan fingerprint density at radius 3 is 2.89 bits per heavy atom. The summed E-state index contributed by atoms with van der Waals surface area (Å²) in [4.78, 5) is 28.7. The largest absolute Gasteiger partial charge is 0.450 e. The number of non-ortho nitro benzene ring substituents is 1. The zero-order valence-corrected chi connectivity index (χ0v) is 16.3. The maximum Gasteiger partial charge on any atom is 0.410 e. The number of fused-ring (bicyclic) bond motifs is 1. The van der Waals surface area contributed by atoms with Crippen molar-refractivity contribution in [2.45, 2.75) is 58.1 Å². The van der Waals surface area contributed by atoms with Gasteiger partial charge in [0.15, 0.2) is 5.58 Å². The maximum atomic E-state index is 12.4. The normalized spacial score (nSPS) is 17.5. The molecule has 0 spiro atoms. The van der Waals surface area contributed by atoms with Gasteiger partial charge in [-0.2, -0.15) is 4.98 Å². The molecule has 1 unspecified atom stereocenters. The van der Waals surface area contributed by atoms with Gasteiger partial charge in [0.1, 0.15) is 11.1 Å². The number of hydrogen-bond donors (Lipinski definition) is 0. The fraction of sp³-hybridized carbons (Fsp3) is 0.579. The lowest BCUT2D eigenvalue weighted by atomic mass is 10.0. The smallest absolute Gasteiger partial charge is 0.410 e. The van der Waals surface area contributed by atoms with E-state index < -0.39 is 10.5 Å². The van der Waals surface area contributed by atoms with Gasteiger partial charge >= 0.3 is 12.2 Å². The summed E-state index contributed by atoms with van der Waals surface area (Å²) >= 11 is 0. The first kappa shape index (κ1) is 19.9. The van der Waals surface area contributed by atoms with Crippen LogP contribution >= 0.6 is 0 Å². The second kappa shape index (κ2) is 8.04. The van der Waals surface area contributed by atoms with Crippen LogP contribution in [0.15, 0.2) is 22.6 Å². The average molecular weight is 391 g/mol. The number of amides is 1. The molecule has 3 rings (SSSR count). The Labute approximate surface area is 162 Å². The van der Waals surface area contributed by atoms with Gasteiger partial charge in [0, 0.05) is 31.1 Å². The van der Waals surface area contributed by atoms with Gasteiger partial charge in [-0.3, -0.25) is 10.1 Å². The number of piperidine rings is 1. The number of carbonyl (C=O) groups is 1. The first-order valence-electron chi connectivity index (χ1n) is 9.40. The van der Waals surface area contributed by atoms with Crippen molar-refractivity contribution in [2.24, 2.45) is 0 Å². The Bertz CT molecular complexity index is 857. The molecule has 1 fully saturated rings. The Morgan fingerprint density at radius 1 is 1.39 bits per heavy atom. The van der Waals surface area contributed by atoms with Gasteiger partial charge in [-0.1, -0.05) is 0 Å². The predicted octanol–water partition coefficient (Wildman–Crippen LogP) is 4.29. The second-order valence-corrected chi connectivity index (χ2v) is 7.85. The first-order chi connectivity index (χ1) is 13.2. The molecule has 1 amide bonds. The van der Waals surface area contributed by atoms with Crippen molar-refractivity contribution in [3.05, 3.63) is 28.3 Å². The van der Waals surface area contributed by atoms with Crippen LogP contribution in [-0.2, 0) is 4.74 Å². The summed E-state index contributed by atoms with van der Waals surface area (Å²) in [5.74, 6) is 0. The Kier molecular flexibility index (Phi) is 5.71. The van der Waals surface area contributed by atoms with Crippen molar-refractivity contribution in [2.75, 3.05) is 13.2 Å². The van der Waals surface area contributed by atoms with E-state index in [0.29, 0.717) is 30.7 Å². The van der Waals surface area contributed by atoms with Crippen molar-refractivity contribution in [3.8, 4) is 6.08 Å². The van der Waals surface area contributed by atoms with Crippen LogP contribution in [0.3, 0.4) is 0 Å². The maximum absolute atomic E-state index is 12.4. The highest BCUT2D eigenvalue weighted by Gasteiger charge is 2.30. The van der Waals surface area contributed by atoms with Crippen molar-refractivity contribution >= 4 is 22.9 Å². The number of nitro groups is 1. The standard InChI is InChI=1S/C19H25N3O6/c1-19(2,3)28-18(23)21-10-5-4-6-13(21)9-11-26-17-20-15-12-14(22(24)25)7-8-16(15)27-17/h7-8,12-13H,4-6,9-11H2,1-3H3. The summed E-state index contributed by atoms with van der Waals surface area (Å²) in [6, 6.07) is 4.24. The minimum absolute atomic E-state index is 0.0362. The third-order valence-electron chi connectivity index (χ3n) is 4.49. The number of nitro benzene ring substituents is 1. The second-order valence-electron chi connectivity index (χ2n) is 7.85. The minimum Gasteiger partial charge on any atom is -0.450 e. The lowest BCUT2D eigenvalue weighted by Crippen LogP contribution is -2.46. The van der Waals surface area contributed by atoms with Gasteiger partial charge in [-0.25, -0.2) is 4.79 Å². The Morgan fingerprint density at radius 2 is 2.18 bits per heavy atom. The van der Waals surface area contributed by atoms with Crippen molar-refractivity contribution in [1.82, 2.24) is 9.88 Å². The number of carbonyl (C=O) groups excluding carboxylic acids is 1. The topological polar surface area (TPSA) is 108 Å². The summed E-state index contributed by atoms with van der Waals surface area (Å²) in [5.41, 5.74) is 0.213. The summed E-state index contributed by atoms with van der Waals surface area (Å²) in [7, 11) is 0. The van der Waals surface area contributed by atoms with Gasteiger partial charge in [0.05, 0.1) is 11.5 Å². The number of benzene rings is 1. The molecule has 2 aromatic rings. The lowest BCUT2D eigenvalue weighted by molar-refractivity contribution is -0.384. The monoisotopic (exact) mass is 391 g/mol. The minimum atomic E-state index is -0.531. The van der Waals surface area contributed by atoms with E-state index in [2.05, 4.69) is 4.98 Å². The number of likely N-dealkylation sites (tertiary alicyclic amines) is 1. The van der Waals surface area contributed by atoms with Crippen LogP contribution in [0, 0.1) is 10.1 Å². The summed E-state index contributed by atoms with van der Waals surface area (Å²) in [6.45, 7) is 6.55. The number of aromatic nitrogens is 1. The lowest BCUT2D eigenvalue weighted by Gasteiger charge is -2.36. The fourth-order valence-electron chi connectivity index (χ4n) is 3.21. The van der Waals surface area contributed by atoms with E-state index in [9.17, 15) is 14.9 Å². The number of rotatable bonds is 5. The quantitative estimate of drug-likeness (QED) is 0.552. The SMILES string of the molecule is CC(C)(C)OC(=O)N1CCCCC1CCOc1nc2cc([N+](=O)[O-])ccc2o1. The Balaban J connectivity index is 1.59. The van der Waals surface area contributed by atoms with E-state index in [-0.39, 0.29) is 23.9 Å². The number of oxazole rings is 1. The van der Waals surface area contributed by atoms with Crippen molar-refractivity contribution < 1.29 is 23.6 Å². The molecular formula is C19H25N3O6. The molecule has 1 aromatic carbocycles. The highest BCUT2D eigenvalue weighted by Crippen LogP contribution is 2.26. The summed E-state index contributed by atoms with van der Waals surface area (Å²) < 4.78 is 16.6. The van der Waals surface area contributed by atoms with Gasteiger partial charge in [0.2, 0.25) is 0 Å². The molecule has 1 aromatic heterocycles. The molecule has 0 bridgehead atoms. The molecule has 0 N–H and O–H groups in total. The van der Waals surface area contributed by atoms with Crippen molar-refractivity contribution in [3.63, 3.8) is 0 Å². The van der Waals surface area contributed by atoms with Crippen LogP contribution < -0.4 is 4.74 Å². The fourth-order valence-corrected chi connectivity index (χ4v) is 3.21. The van der Waals surface area contributed by atoms with Crippen LogP contribution in [0.4, 0.5) is 10.5 Å². The predicted molar refractivity (Wildman–Crippen MR) is 101 cm³/mol. The molecule has 9 heteroatoms. The summed E-state index contributed by atoms with van der Waals surface area (Å²) in [5, 5.41) is 10.8. The molecule has 0 radical (unpaired) electrons. The van der Waals surface area contributed by atoms with E-state index in [1.807, 2.05) is 20.8 Å². The van der Waals surface area contributed by atoms with Gasteiger partial charge in [-0.15, -0.1) is 0 Å². The molecule has 1 aliphatic heterocycles. The molecule has 9 nitrogen and oxygen atoms in total. The molecule has 1 aliphatic rings. The van der Waals surface area contributed by atoms with Gasteiger partial charge in [-0.05, 0) is 46.1 Å². The molecule has 1 atom stereocenters. The van der Waals surface area contributed by atoms with Crippen LogP contribution in [0.25, 0.3) is 11.1 Å². The molecule has 152 valence electrons. The molecular weight excluding hydrogens is 366 g/mol. The average Bonchev–Trinajstić information content (AvgIpc) is 3.02. The highest BCUT2D eigenvalue weighted by atomic mass is 16.6. The number of hydrogen-bond acceptors (Lipinski definition) is 7. The van der Waals surface area contributed by atoms with E-state index in [1.54, 1.807) is 4.90 Å². The molecule has 28 heavy (non-hydrogen) atoms. The van der Waals surface area contributed by atoms with Crippen LogP contribution in [-0.4, -0.2) is 45.7 Å². The van der Waals surface area contributed by atoms with E-state index in [0.717, 1.165) is 19.3 Å². The van der Waals surface area contributed by atoms with E-state index in [1.165, 1.54) is 18.2 Å². The molecule has 1 saturated heterocycles. The molecule has 2 heterocycles.